The first-order valence-electron chi connectivity index (χ1n) is 3.69. The summed E-state index contributed by atoms with van der Waals surface area (Å²) < 4.78 is 24.7. The zero-order valence-electron chi connectivity index (χ0n) is 8.42. The second-order valence-electron chi connectivity index (χ2n) is 2.28. The van der Waals surface area contributed by atoms with E-state index >= 15 is 0 Å². The number of carboxylic acids is 1. The van der Waals surface area contributed by atoms with Crippen LogP contribution in [0.1, 0.15) is 0 Å². The average Bonchev–Trinajstić information content (AvgIpc) is 2.23. The monoisotopic (exact) mass is 241 g/mol. The minimum atomic E-state index is -3.93. The van der Waals surface area contributed by atoms with Crippen molar-refractivity contribution in [1.29, 1.82) is 0 Å². The molecule has 2 N–H and O–H groups in total. The lowest BCUT2D eigenvalue weighted by molar-refractivity contribution is -0.137. The maximum Gasteiger partial charge on any atom is 0.408 e. The minimum Gasteiger partial charge on any atom is -0.479 e. The van der Waals surface area contributed by atoms with Gasteiger partial charge in [-0.3, -0.25) is 9.88 Å². The fourth-order valence-corrected chi connectivity index (χ4v) is 1.84. The van der Waals surface area contributed by atoms with Crippen LogP contribution >= 0.6 is 7.60 Å². The summed E-state index contributed by atoms with van der Waals surface area (Å²) in [7, 11) is -0.859. The van der Waals surface area contributed by atoms with E-state index in [2.05, 4.69) is 13.8 Å². The Morgan fingerprint density at radius 1 is 1.27 bits per heavy atom. The molecule has 0 aromatic rings. The van der Waals surface area contributed by atoms with Crippen molar-refractivity contribution in [3.8, 4) is 0 Å². The Bertz CT molecular complexity index is 283. The third-order valence-electron chi connectivity index (χ3n) is 1.50. The van der Waals surface area contributed by atoms with Crippen molar-refractivity contribution in [2.24, 2.45) is 0 Å². The molecule has 8 nitrogen and oxygen atoms in total. The highest BCUT2D eigenvalue weighted by molar-refractivity contribution is 7.55. The predicted molar refractivity (Wildman–Crippen MR) is 48.6 cm³/mol. The maximum atomic E-state index is 11.6. The molecule has 1 unspecified atom stereocenters. The Labute approximate surface area is 86.0 Å². The largest absolute Gasteiger partial charge is 0.479 e. The van der Waals surface area contributed by atoms with Gasteiger partial charge in [-0.2, -0.15) is 0 Å². The van der Waals surface area contributed by atoms with E-state index in [1.54, 1.807) is 0 Å². The van der Waals surface area contributed by atoms with Crippen LogP contribution in [0.4, 0.5) is 4.79 Å². The van der Waals surface area contributed by atoms with Crippen molar-refractivity contribution in [2.45, 2.75) is 5.78 Å². The number of amides is 1. The van der Waals surface area contributed by atoms with Gasteiger partial charge in [0.25, 0.3) is 0 Å². The molecule has 0 bridgehead atoms. The van der Waals surface area contributed by atoms with Gasteiger partial charge in [0.15, 0.2) is 0 Å². The zero-order chi connectivity index (χ0) is 12.1. The van der Waals surface area contributed by atoms with Crippen LogP contribution < -0.4 is 5.32 Å². The molecule has 88 valence electrons. The summed E-state index contributed by atoms with van der Waals surface area (Å²) in [5.41, 5.74) is 0. The molecule has 9 heteroatoms. The molecule has 0 rings (SSSR count). The number of carbonyl (C=O) groups is 2. The van der Waals surface area contributed by atoms with Gasteiger partial charge in [-0.05, 0) is 0 Å². The van der Waals surface area contributed by atoms with E-state index in [0.29, 0.717) is 0 Å². The highest BCUT2D eigenvalue weighted by Gasteiger charge is 2.41. The van der Waals surface area contributed by atoms with Crippen LogP contribution in [0, 0.1) is 0 Å². The normalized spacial score (nSPS) is 13.0. The summed E-state index contributed by atoms with van der Waals surface area (Å²) in [6.45, 7) is 0. The molecule has 0 aromatic heterocycles. The fraction of sp³-hybridized carbons (Fsp3) is 0.667. The Balaban J connectivity index is 4.88. The number of carboxylic acid groups (broad SMARTS) is 1. The van der Waals surface area contributed by atoms with Crippen molar-refractivity contribution in [2.75, 3.05) is 21.3 Å². The summed E-state index contributed by atoms with van der Waals surface area (Å²) in [4.78, 5) is 21.5. The van der Waals surface area contributed by atoms with Gasteiger partial charge >= 0.3 is 19.7 Å². The number of nitrogens with one attached hydrogen (secondary N) is 1. The van der Waals surface area contributed by atoms with Crippen LogP contribution in [0.15, 0.2) is 0 Å². The van der Waals surface area contributed by atoms with E-state index in [1.165, 1.54) is 0 Å². The molecule has 0 spiro atoms. The zero-order valence-corrected chi connectivity index (χ0v) is 9.32. The van der Waals surface area contributed by atoms with E-state index in [-0.39, 0.29) is 0 Å². The number of rotatable bonds is 5. The van der Waals surface area contributed by atoms with Crippen LogP contribution in [-0.2, 0) is 23.1 Å². The van der Waals surface area contributed by atoms with Gasteiger partial charge < -0.3 is 18.9 Å². The molecule has 1 amide bonds. The first-order valence-corrected chi connectivity index (χ1v) is 5.31. The molecule has 0 saturated heterocycles. The van der Waals surface area contributed by atoms with Crippen LogP contribution in [-0.4, -0.2) is 44.3 Å². The van der Waals surface area contributed by atoms with Crippen molar-refractivity contribution in [3.05, 3.63) is 0 Å². The van der Waals surface area contributed by atoms with Gasteiger partial charge in [0, 0.05) is 14.2 Å². The topological polar surface area (TPSA) is 111 Å². The van der Waals surface area contributed by atoms with Crippen molar-refractivity contribution < 1.29 is 33.0 Å². The van der Waals surface area contributed by atoms with Crippen LogP contribution in [0.2, 0.25) is 0 Å². The van der Waals surface area contributed by atoms with E-state index in [1.807, 2.05) is 5.32 Å². The number of alkyl carbamates (subject to hydrolysis) is 1. The van der Waals surface area contributed by atoms with E-state index in [9.17, 15) is 14.2 Å². The Morgan fingerprint density at radius 2 is 1.73 bits per heavy atom. The molecule has 0 aliphatic carbocycles. The summed E-state index contributed by atoms with van der Waals surface area (Å²) >= 11 is 0. The molecule has 0 saturated carbocycles. The first-order chi connectivity index (χ1) is 6.91. The van der Waals surface area contributed by atoms with E-state index in [0.717, 1.165) is 21.3 Å². The molecule has 1 atom stereocenters. The molecule has 0 heterocycles. The average molecular weight is 241 g/mol. The second-order valence-corrected chi connectivity index (χ2v) is 4.61. The number of hydrogen-bond acceptors (Lipinski definition) is 6. The third kappa shape index (κ3) is 3.50. The van der Waals surface area contributed by atoms with Crippen LogP contribution in [0.3, 0.4) is 0 Å². The van der Waals surface area contributed by atoms with Gasteiger partial charge in [0.1, 0.15) is 0 Å². The van der Waals surface area contributed by atoms with Crippen molar-refractivity contribution >= 4 is 19.7 Å². The molecular formula is C6H12NO7P. The predicted octanol–water partition coefficient (Wildman–Crippen LogP) is 0.239. The second kappa shape index (κ2) is 5.69. The highest BCUT2D eigenvalue weighted by atomic mass is 31.2. The molecular weight excluding hydrogens is 229 g/mol. The quantitative estimate of drug-likeness (QED) is 0.663. The van der Waals surface area contributed by atoms with Gasteiger partial charge in [-0.1, -0.05) is 0 Å². The lowest BCUT2D eigenvalue weighted by atomic mass is 10.6. The van der Waals surface area contributed by atoms with Crippen LogP contribution in [0.5, 0.6) is 0 Å². The summed E-state index contributed by atoms with van der Waals surface area (Å²) in [5, 5.41) is 10.5. The Kier molecular flexibility index (Phi) is 5.27. The van der Waals surface area contributed by atoms with Gasteiger partial charge in [0.05, 0.1) is 7.11 Å². The minimum absolute atomic E-state index is 1.01. The van der Waals surface area contributed by atoms with E-state index in [4.69, 9.17) is 5.11 Å². The molecule has 0 aliphatic heterocycles. The van der Waals surface area contributed by atoms with Gasteiger partial charge in [-0.25, -0.2) is 9.59 Å². The molecule has 0 fully saturated rings. The van der Waals surface area contributed by atoms with E-state index < -0.39 is 25.4 Å². The lowest BCUT2D eigenvalue weighted by Crippen LogP contribution is -2.41. The third-order valence-corrected chi connectivity index (χ3v) is 3.50. The number of aliphatic carboxylic acids is 1. The SMILES string of the molecule is COC(=O)NC(C(=O)O)P(=O)(OC)OC. The standard InChI is InChI=1S/C6H12NO7P/c1-12-6(10)7-4(5(8)9)15(11,13-2)14-3/h4H,1-3H3,(H,7,10)(H,8,9). The van der Waals surface area contributed by atoms with Crippen molar-refractivity contribution in [3.63, 3.8) is 0 Å². The number of methoxy groups -OCH3 is 1. The Morgan fingerprint density at radius 3 is 2.00 bits per heavy atom. The number of hydrogen-bond donors (Lipinski definition) is 2. The first kappa shape index (κ1) is 13.9. The highest BCUT2D eigenvalue weighted by Crippen LogP contribution is 2.50. The van der Waals surface area contributed by atoms with Gasteiger partial charge in [-0.15, -0.1) is 0 Å². The van der Waals surface area contributed by atoms with Crippen LogP contribution in [0.25, 0.3) is 0 Å². The number of carbonyl (C=O) groups excluding carboxylic acids is 1. The molecule has 0 aliphatic rings. The Hall–Kier alpha value is -1.11. The summed E-state index contributed by atoms with van der Waals surface area (Å²) in [6.07, 6.45) is -1.04. The lowest BCUT2D eigenvalue weighted by Gasteiger charge is -2.20. The number of ether oxygens (including phenoxy) is 1. The van der Waals surface area contributed by atoms with Crippen molar-refractivity contribution in [1.82, 2.24) is 5.32 Å². The maximum absolute atomic E-state index is 11.6. The molecule has 0 radical (unpaired) electrons. The molecule has 0 aromatic carbocycles. The summed E-state index contributed by atoms with van der Waals surface area (Å²) in [6, 6.07) is 0. The smallest absolute Gasteiger partial charge is 0.408 e. The van der Waals surface area contributed by atoms with Gasteiger partial charge in [0.2, 0.25) is 5.78 Å². The summed E-state index contributed by atoms with van der Waals surface area (Å²) in [5.74, 6) is -3.35. The fourth-order valence-electron chi connectivity index (χ4n) is 0.732. The molecule has 15 heavy (non-hydrogen) atoms.